The number of aromatic amines is 1. The number of alkyl halides is 3. The second-order valence-electron chi connectivity index (χ2n) is 6.83. The van der Waals surface area contributed by atoms with Crippen molar-refractivity contribution >= 4 is 17.4 Å². The molecule has 146 valence electrons. The summed E-state index contributed by atoms with van der Waals surface area (Å²) >= 11 is 0. The number of halogens is 3. The quantitative estimate of drug-likeness (QED) is 0.847. The second kappa shape index (κ2) is 7.50. The highest BCUT2D eigenvalue weighted by molar-refractivity contribution is 5.90. The summed E-state index contributed by atoms with van der Waals surface area (Å²) in [6, 6.07) is 5.28. The zero-order chi connectivity index (χ0) is 19.6. The van der Waals surface area contributed by atoms with E-state index in [1.807, 2.05) is 6.07 Å². The molecule has 9 heteroatoms. The summed E-state index contributed by atoms with van der Waals surface area (Å²) in [7, 11) is 3.33. The number of likely N-dealkylation sites (tertiary alicyclic amines) is 1. The number of hydrogen-bond donors (Lipinski definition) is 2. The predicted molar refractivity (Wildman–Crippen MR) is 96.9 cm³/mol. The molecule has 2 N–H and O–H groups in total. The molecule has 6 nitrogen and oxygen atoms in total. The summed E-state index contributed by atoms with van der Waals surface area (Å²) in [6.07, 6.45) is -1.39. The van der Waals surface area contributed by atoms with Crippen molar-refractivity contribution in [3.63, 3.8) is 0 Å². The Balaban J connectivity index is 1.69. The van der Waals surface area contributed by atoms with Crippen LogP contribution < -0.4 is 10.2 Å². The maximum Gasteiger partial charge on any atom is 0.418 e. The van der Waals surface area contributed by atoms with Crippen LogP contribution in [0.3, 0.4) is 0 Å². The van der Waals surface area contributed by atoms with Gasteiger partial charge in [0.2, 0.25) is 0 Å². The Morgan fingerprint density at radius 3 is 2.52 bits per heavy atom. The number of H-pyrrole nitrogens is 1. The third-order valence-corrected chi connectivity index (χ3v) is 4.81. The molecule has 0 atom stereocenters. The fourth-order valence-corrected chi connectivity index (χ4v) is 3.24. The molecule has 2 aromatic rings. The zero-order valence-corrected chi connectivity index (χ0v) is 15.2. The number of aromatic nitrogens is 2. The van der Waals surface area contributed by atoms with Gasteiger partial charge in [-0.15, -0.1) is 0 Å². The number of nitrogens with one attached hydrogen (secondary N) is 2. The van der Waals surface area contributed by atoms with E-state index in [0.29, 0.717) is 18.8 Å². The van der Waals surface area contributed by atoms with Gasteiger partial charge >= 0.3 is 12.2 Å². The van der Waals surface area contributed by atoms with Crippen LogP contribution in [0.5, 0.6) is 0 Å². The fraction of sp³-hybridized carbons (Fsp3) is 0.444. The molecule has 1 aromatic heterocycles. The summed E-state index contributed by atoms with van der Waals surface area (Å²) in [6.45, 7) is 0.958. The highest BCUT2D eigenvalue weighted by Gasteiger charge is 2.35. The van der Waals surface area contributed by atoms with Gasteiger partial charge in [0, 0.05) is 50.7 Å². The van der Waals surface area contributed by atoms with Crippen molar-refractivity contribution in [1.29, 1.82) is 0 Å². The molecule has 27 heavy (non-hydrogen) atoms. The molecular weight excluding hydrogens is 359 g/mol. The van der Waals surface area contributed by atoms with Crippen molar-refractivity contribution in [2.45, 2.75) is 24.9 Å². The highest BCUT2D eigenvalue weighted by Crippen LogP contribution is 2.37. The number of benzene rings is 1. The van der Waals surface area contributed by atoms with E-state index in [1.54, 1.807) is 36.2 Å². The van der Waals surface area contributed by atoms with E-state index in [9.17, 15) is 18.0 Å². The van der Waals surface area contributed by atoms with Crippen molar-refractivity contribution < 1.29 is 18.0 Å². The molecule has 0 aliphatic carbocycles. The normalized spacial score (nSPS) is 15.7. The van der Waals surface area contributed by atoms with Crippen LogP contribution in [-0.2, 0) is 6.18 Å². The average Bonchev–Trinajstić information content (AvgIpc) is 3.15. The van der Waals surface area contributed by atoms with Crippen LogP contribution in [0.15, 0.2) is 30.5 Å². The number of carbonyl (C=O) groups excluding carboxylic acids is 1. The number of piperidine rings is 1. The largest absolute Gasteiger partial charge is 0.418 e. The van der Waals surface area contributed by atoms with E-state index in [0.717, 1.165) is 24.6 Å². The van der Waals surface area contributed by atoms with Gasteiger partial charge in [0.1, 0.15) is 0 Å². The molecule has 0 unspecified atom stereocenters. The third-order valence-electron chi connectivity index (χ3n) is 4.81. The standard InChI is InChI=1S/C18H22F3N5O/c1-25(2)13-3-4-16(14(11-13)18(19,20)21)23-17(27)26-9-6-12(7-10-26)15-5-8-22-24-15/h3-5,8,11-12H,6-7,9-10H2,1-2H3,(H,22,24)(H,23,27). The molecule has 0 bridgehead atoms. The van der Waals surface area contributed by atoms with Crippen LogP contribution in [0.1, 0.15) is 30.0 Å². The number of hydrogen-bond acceptors (Lipinski definition) is 3. The molecule has 1 aliphatic heterocycles. The number of anilines is 2. The summed E-state index contributed by atoms with van der Waals surface area (Å²) in [5.41, 5.74) is 0.359. The van der Waals surface area contributed by atoms with Gasteiger partial charge in [0.25, 0.3) is 0 Å². The number of urea groups is 1. The molecule has 0 spiro atoms. The minimum atomic E-state index is -4.55. The minimum Gasteiger partial charge on any atom is -0.378 e. The predicted octanol–water partition coefficient (Wildman–Crippen LogP) is 3.91. The molecule has 3 rings (SSSR count). The smallest absolute Gasteiger partial charge is 0.378 e. The monoisotopic (exact) mass is 381 g/mol. The fourth-order valence-electron chi connectivity index (χ4n) is 3.24. The first-order valence-electron chi connectivity index (χ1n) is 8.69. The van der Waals surface area contributed by atoms with Crippen molar-refractivity contribution in [3.05, 3.63) is 41.7 Å². The first-order chi connectivity index (χ1) is 12.8. The van der Waals surface area contributed by atoms with Gasteiger partial charge in [-0.05, 0) is 37.1 Å². The van der Waals surface area contributed by atoms with Gasteiger partial charge in [0.05, 0.1) is 11.3 Å². The lowest BCUT2D eigenvalue weighted by molar-refractivity contribution is -0.136. The summed E-state index contributed by atoms with van der Waals surface area (Å²) in [5, 5.41) is 9.29. The Kier molecular flexibility index (Phi) is 5.29. The van der Waals surface area contributed by atoms with Crippen LogP contribution in [0, 0.1) is 0 Å². The second-order valence-corrected chi connectivity index (χ2v) is 6.83. The van der Waals surface area contributed by atoms with Gasteiger partial charge in [-0.3, -0.25) is 5.10 Å². The van der Waals surface area contributed by atoms with Gasteiger partial charge in [-0.1, -0.05) is 0 Å². The van der Waals surface area contributed by atoms with Crippen LogP contribution in [-0.4, -0.2) is 48.3 Å². The van der Waals surface area contributed by atoms with Crippen LogP contribution in [0.25, 0.3) is 0 Å². The van der Waals surface area contributed by atoms with Gasteiger partial charge in [0.15, 0.2) is 0 Å². The maximum absolute atomic E-state index is 13.4. The number of rotatable bonds is 3. The first kappa shape index (κ1) is 19.1. The van der Waals surface area contributed by atoms with E-state index in [1.165, 1.54) is 6.07 Å². The molecule has 2 amide bonds. The third kappa shape index (κ3) is 4.35. The summed E-state index contributed by atoms with van der Waals surface area (Å²) in [5.74, 6) is 0.279. The van der Waals surface area contributed by atoms with E-state index in [4.69, 9.17) is 0 Å². The molecular formula is C18H22F3N5O. The van der Waals surface area contributed by atoms with Crippen molar-refractivity contribution in [3.8, 4) is 0 Å². The number of amides is 2. The Morgan fingerprint density at radius 1 is 1.26 bits per heavy atom. The average molecular weight is 381 g/mol. The van der Waals surface area contributed by atoms with Crippen molar-refractivity contribution in [2.24, 2.45) is 0 Å². The molecule has 1 aliphatic rings. The summed E-state index contributed by atoms with van der Waals surface area (Å²) in [4.78, 5) is 15.6. The number of carbonyl (C=O) groups is 1. The van der Waals surface area contributed by atoms with E-state index < -0.39 is 17.8 Å². The Morgan fingerprint density at radius 2 is 1.96 bits per heavy atom. The first-order valence-corrected chi connectivity index (χ1v) is 8.69. The van der Waals surface area contributed by atoms with Crippen molar-refractivity contribution in [2.75, 3.05) is 37.4 Å². The molecule has 0 saturated carbocycles. The van der Waals surface area contributed by atoms with Gasteiger partial charge in [-0.2, -0.15) is 18.3 Å². The Bertz CT molecular complexity index is 781. The van der Waals surface area contributed by atoms with E-state index >= 15 is 0 Å². The minimum absolute atomic E-state index is 0.228. The topological polar surface area (TPSA) is 64.3 Å². The lowest BCUT2D eigenvalue weighted by atomic mass is 9.94. The number of nitrogens with zero attached hydrogens (tertiary/aromatic N) is 3. The Labute approximate surface area is 155 Å². The zero-order valence-electron chi connectivity index (χ0n) is 15.2. The molecule has 2 heterocycles. The van der Waals surface area contributed by atoms with Gasteiger partial charge < -0.3 is 15.1 Å². The van der Waals surface area contributed by atoms with Crippen molar-refractivity contribution in [1.82, 2.24) is 15.1 Å². The van der Waals surface area contributed by atoms with Crippen LogP contribution in [0.2, 0.25) is 0 Å². The molecule has 1 fully saturated rings. The molecule has 1 saturated heterocycles. The molecule has 0 radical (unpaired) electrons. The maximum atomic E-state index is 13.4. The SMILES string of the molecule is CN(C)c1ccc(NC(=O)N2CCC(c3ccn[nH]3)CC2)c(C(F)(F)F)c1. The lowest BCUT2D eigenvalue weighted by Gasteiger charge is -2.31. The van der Waals surface area contributed by atoms with Crippen LogP contribution in [0.4, 0.5) is 29.3 Å². The highest BCUT2D eigenvalue weighted by atomic mass is 19.4. The van der Waals surface area contributed by atoms with E-state index in [2.05, 4.69) is 15.5 Å². The van der Waals surface area contributed by atoms with E-state index in [-0.39, 0.29) is 11.6 Å². The summed E-state index contributed by atoms with van der Waals surface area (Å²) < 4.78 is 40.2. The van der Waals surface area contributed by atoms with Crippen LogP contribution >= 0.6 is 0 Å². The van der Waals surface area contributed by atoms with Gasteiger partial charge in [-0.25, -0.2) is 4.79 Å². The lowest BCUT2D eigenvalue weighted by Crippen LogP contribution is -2.40. The Hall–Kier alpha value is -2.71. The molecule has 1 aromatic carbocycles.